The number of hydrogen-bond acceptors (Lipinski definition) is 4. The van der Waals surface area contributed by atoms with Crippen LogP contribution in [0.4, 0.5) is 4.79 Å². The summed E-state index contributed by atoms with van der Waals surface area (Å²) in [7, 11) is 0. The van der Waals surface area contributed by atoms with E-state index in [1.165, 1.54) is 0 Å². The Kier molecular flexibility index (Phi) is 5.85. The first kappa shape index (κ1) is 17.6. The van der Waals surface area contributed by atoms with Gasteiger partial charge < -0.3 is 20.3 Å². The molecule has 1 aliphatic heterocycles. The van der Waals surface area contributed by atoms with Gasteiger partial charge in [0.1, 0.15) is 12.1 Å². The van der Waals surface area contributed by atoms with Crippen LogP contribution >= 0.6 is 12.4 Å². The molecule has 7 heteroatoms. The first-order valence-electron chi connectivity index (χ1n) is 7.69. The molecule has 0 radical (unpaired) electrons. The fourth-order valence-corrected chi connectivity index (χ4v) is 2.64. The van der Waals surface area contributed by atoms with Crippen molar-refractivity contribution in [3.63, 3.8) is 0 Å². The van der Waals surface area contributed by atoms with Gasteiger partial charge in [0.2, 0.25) is 5.91 Å². The molecule has 2 N–H and O–H groups in total. The highest BCUT2D eigenvalue weighted by atomic mass is 35.5. The first-order chi connectivity index (χ1) is 10.7. The van der Waals surface area contributed by atoms with Crippen molar-refractivity contribution < 1.29 is 14.3 Å². The molecule has 6 nitrogen and oxygen atoms in total. The Balaban J connectivity index is 0.00000192. The quantitative estimate of drug-likeness (QED) is 0.867. The van der Waals surface area contributed by atoms with E-state index in [0.717, 1.165) is 18.7 Å². The Morgan fingerprint density at radius 3 is 2.43 bits per heavy atom. The Hall–Kier alpha value is -1.79. The van der Waals surface area contributed by atoms with E-state index < -0.39 is 11.6 Å². The highest BCUT2D eigenvalue weighted by Gasteiger charge is 2.53. The number of rotatable bonds is 4. The summed E-state index contributed by atoms with van der Waals surface area (Å²) in [6.45, 7) is 3.22. The van der Waals surface area contributed by atoms with Crippen molar-refractivity contribution in [1.29, 1.82) is 0 Å². The second-order valence-corrected chi connectivity index (χ2v) is 5.81. The van der Waals surface area contributed by atoms with Crippen molar-refractivity contribution in [3.8, 4) is 0 Å². The number of carbonyl (C=O) groups excluding carboxylic acids is 2. The Morgan fingerprint density at radius 2 is 1.83 bits per heavy atom. The largest absolute Gasteiger partial charge is 0.445 e. The van der Waals surface area contributed by atoms with Gasteiger partial charge in [-0.3, -0.25) is 4.79 Å². The number of hydrogen-bond donors (Lipinski definition) is 2. The molecule has 0 bridgehead atoms. The highest BCUT2D eigenvalue weighted by Crippen LogP contribution is 2.37. The van der Waals surface area contributed by atoms with Gasteiger partial charge in [-0.25, -0.2) is 4.79 Å². The molecule has 1 saturated carbocycles. The number of piperazine rings is 1. The monoisotopic (exact) mass is 339 g/mol. The molecule has 0 spiro atoms. The zero-order valence-corrected chi connectivity index (χ0v) is 13.7. The molecule has 0 aromatic heterocycles. The normalized spacial score (nSPS) is 18.5. The van der Waals surface area contributed by atoms with Crippen molar-refractivity contribution in [2.24, 2.45) is 0 Å². The zero-order valence-electron chi connectivity index (χ0n) is 12.9. The topological polar surface area (TPSA) is 70.7 Å². The summed E-state index contributed by atoms with van der Waals surface area (Å²) in [4.78, 5) is 26.3. The van der Waals surface area contributed by atoms with Gasteiger partial charge in [-0.1, -0.05) is 30.3 Å². The number of benzene rings is 1. The Labute approximate surface area is 142 Å². The SMILES string of the molecule is Cl.O=C(NC1(C(=O)N2CCNCC2)CC1)OCc1ccccc1. The third-order valence-corrected chi connectivity index (χ3v) is 4.12. The first-order valence-corrected chi connectivity index (χ1v) is 7.69. The lowest BCUT2D eigenvalue weighted by Crippen LogP contribution is -2.55. The molecule has 23 heavy (non-hydrogen) atoms. The van der Waals surface area contributed by atoms with Crippen molar-refractivity contribution in [2.45, 2.75) is 25.0 Å². The number of alkyl carbamates (subject to hydrolysis) is 1. The summed E-state index contributed by atoms with van der Waals surface area (Å²) < 4.78 is 5.21. The van der Waals surface area contributed by atoms with Crippen molar-refractivity contribution >= 4 is 24.4 Å². The minimum Gasteiger partial charge on any atom is -0.445 e. The average Bonchev–Trinajstić information content (AvgIpc) is 3.35. The molecular formula is C16H22ClN3O3. The van der Waals surface area contributed by atoms with Gasteiger partial charge in [0, 0.05) is 26.2 Å². The zero-order chi connectivity index (χ0) is 15.4. The Bertz CT molecular complexity index is 543. The molecule has 1 aromatic rings. The Morgan fingerprint density at radius 1 is 1.17 bits per heavy atom. The number of halogens is 1. The van der Waals surface area contributed by atoms with Crippen molar-refractivity contribution in [3.05, 3.63) is 35.9 Å². The lowest BCUT2D eigenvalue weighted by molar-refractivity contribution is -0.135. The van der Waals surface area contributed by atoms with Crippen LogP contribution in [0.3, 0.4) is 0 Å². The third kappa shape index (κ3) is 4.36. The molecule has 1 saturated heterocycles. The summed E-state index contributed by atoms with van der Waals surface area (Å²) in [6.07, 6.45) is 0.858. The van der Waals surface area contributed by atoms with E-state index in [2.05, 4.69) is 10.6 Å². The number of ether oxygens (including phenoxy) is 1. The molecule has 2 fully saturated rings. The summed E-state index contributed by atoms with van der Waals surface area (Å²) in [5.41, 5.74) is 0.196. The number of carbonyl (C=O) groups is 2. The van der Waals surface area contributed by atoms with E-state index in [1.54, 1.807) is 0 Å². The van der Waals surface area contributed by atoms with Gasteiger partial charge in [-0.2, -0.15) is 0 Å². The summed E-state index contributed by atoms with van der Waals surface area (Å²) in [5.74, 6) is 0.0191. The predicted octanol–water partition coefficient (Wildman–Crippen LogP) is 1.30. The van der Waals surface area contributed by atoms with Crippen molar-refractivity contribution in [1.82, 2.24) is 15.5 Å². The maximum Gasteiger partial charge on any atom is 0.408 e. The molecule has 0 atom stereocenters. The van der Waals surface area contributed by atoms with Crippen LogP contribution < -0.4 is 10.6 Å². The summed E-state index contributed by atoms with van der Waals surface area (Å²) in [6, 6.07) is 9.49. The van der Waals surface area contributed by atoms with E-state index in [0.29, 0.717) is 25.9 Å². The second-order valence-electron chi connectivity index (χ2n) is 5.81. The average molecular weight is 340 g/mol. The van der Waals surface area contributed by atoms with Gasteiger partial charge in [0.15, 0.2) is 0 Å². The number of nitrogens with zero attached hydrogens (tertiary/aromatic N) is 1. The number of amides is 2. The molecule has 1 heterocycles. The van der Waals surface area contributed by atoms with Crippen LogP contribution in [0, 0.1) is 0 Å². The van der Waals surface area contributed by atoms with Crippen LogP contribution in [-0.4, -0.2) is 48.6 Å². The standard InChI is InChI=1S/C16H21N3O3.ClH/c20-14(19-10-8-17-9-11-19)16(6-7-16)18-15(21)22-12-13-4-2-1-3-5-13;/h1-5,17H,6-12H2,(H,18,21);1H. The maximum absolute atomic E-state index is 12.5. The fourth-order valence-electron chi connectivity index (χ4n) is 2.64. The molecule has 126 valence electrons. The van der Waals surface area contributed by atoms with E-state index in [1.807, 2.05) is 35.2 Å². The second kappa shape index (κ2) is 7.66. The minimum atomic E-state index is -0.731. The fraction of sp³-hybridized carbons (Fsp3) is 0.500. The molecule has 0 unspecified atom stereocenters. The van der Waals surface area contributed by atoms with Crippen LogP contribution in [0.25, 0.3) is 0 Å². The lowest BCUT2D eigenvalue weighted by atomic mass is 10.2. The van der Waals surface area contributed by atoms with Gasteiger partial charge in [-0.15, -0.1) is 12.4 Å². The van der Waals surface area contributed by atoms with Crippen LogP contribution in [0.15, 0.2) is 30.3 Å². The molecule has 2 aliphatic rings. The lowest BCUT2D eigenvalue weighted by Gasteiger charge is -2.31. The summed E-state index contributed by atoms with van der Waals surface area (Å²) >= 11 is 0. The molecule has 1 aromatic carbocycles. The smallest absolute Gasteiger partial charge is 0.408 e. The minimum absolute atomic E-state index is 0. The number of nitrogens with one attached hydrogen (secondary N) is 2. The predicted molar refractivity (Wildman–Crippen MR) is 88.4 cm³/mol. The van der Waals surface area contributed by atoms with Crippen LogP contribution in [0.5, 0.6) is 0 Å². The van der Waals surface area contributed by atoms with E-state index in [4.69, 9.17) is 4.74 Å². The van der Waals surface area contributed by atoms with Crippen LogP contribution in [-0.2, 0) is 16.1 Å². The molecule has 3 rings (SSSR count). The van der Waals surface area contributed by atoms with Gasteiger partial charge >= 0.3 is 6.09 Å². The van der Waals surface area contributed by atoms with Crippen LogP contribution in [0.2, 0.25) is 0 Å². The van der Waals surface area contributed by atoms with Crippen LogP contribution in [0.1, 0.15) is 18.4 Å². The highest BCUT2D eigenvalue weighted by molar-refractivity contribution is 5.93. The molecule has 2 amide bonds. The van der Waals surface area contributed by atoms with Gasteiger partial charge in [0.25, 0.3) is 0 Å². The van der Waals surface area contributed by atoms with E-state index in [-0.39, 0.29) is 24.9 Å². The van der Waals surface area contributed by atoms with E-state index in [9.17, 15) is 9.59 Å². The van der Waals surface area contributed by atoms with Crippen molar-refractivity contribution in [2.75, 3.05) is 26.2 Å². The van der Waals surface area contributed by atoms with Gasteiger partial charge in [-0.05, 0) is 18.4 Å². The van der Waals surface area contributed by atoms with Gasteiger partial charge in [0.05, 0.1) is 0 Å². The van der Waals surface area contributed by atoms with E-state index >= 15 is 0 Å². The molecule has 1 aliphatic carbocycles. The summed E-state index contributed by atoms with van der Waals surface area (Å²) in [5, 5.41) is 5.98. The maximum atomic E-state index is 12.5. The third-order valence-electron chi connectivity index (χ3n) is 4.12. The molecular weight excluding hydrogens is 318 g/mol.